The molecule has 26 heavy (non-hydrogen) atoms. The Kier molecular flexibility index (Phi) is 4.00. The van der Waals surface area contributed by atoms with Crippen LogP contribution in [-0.4, -0.2) is 15.0 Å². The van der Waals surface area contributed by atoms with Gasteiger partial charge in [-0.1, -0.05) is 47.6 Å². The molecule has 1 fully saturated rings. The van der Waals surface area contributed by atoms with Crippen molar-refractivity contribution >= 4 is 5.69 Å². The first-order valence-electron chi connectivity index (χ1n) is 8.22. The highest BCUT2D eigenvalue weighted by atomic mass is 19.1. The van der Waals surface area contributed by atoms with E-state index in [1.54, 1.807) is 19.1 Å². The van der Waals surface area contributed by atoms with E-state index in [0.717, 1.165) is 11.1 Å². The average Bonchev–Trinajstić information content (AvgIpc) is 3.18. The molecule has 6 nitrogen and oxygen atoms in total. The van der Waals surface area contributed by atoms with Gasteiger partial charge in [0.15, 0.2) is 5.69 Å². The summed E-state index contributed by atoms with van der Waals surface area (Å²) in [4.78, 5) is 13.0. The van der Waals surface area contributed by atoms with Crippen LogP contribution in [0.15, 0.2) is 59.1 Å². The lowest BCUT2D eigenvalue weighted by molar-refractivity contribution is -0.386. The van der Waals surface area contributed by atoms with Gasteiger partial charge in [-0.3, -0.25) is 15.0 Å². The van der Waals surface area contributed by atoms with Crippen LogP contribution in [0.1, 0.15) is 34.7 Å². The first-order chi connectivity index (χ1) is 12.6. The van der Waals surface area contributed by atoms with Gasteiger partial charge in [0, 0.05) is 6.54 Å². The minimum atomic E-state index is -0.456. The van der Waals surface area contributed by atoms with Crippen LogP contribution < -0.4 is 0 Å². The van der Waals surface area contributed by atoms with Crippen LogP contribution in [0, 0.1) is 22.9 Å². The summed E-state index contributed by atoms with van der Waals surface area (Å²) in [5, 5.41) is 15.2. The molecule has 0 amide bonds. The molecule has 0 bridgehead atoms. The van der Waals surface area contributed by atoms with Crippen LogP contribution in [0.3, 0.4) is 0 Å². The van der Waals surface area contributed by atoms with Gasteiger partial charge in [0.1, 0.15) is 5.82 Å². The molecule has 4 rings (SSSR count). The maximum absolute atomic E-state index is 13.3. The predicted molar refractivity (Wildman–Crippen MR) is 91.8 cm³/mol. The van der Waals surface area contributed by atoms with Crippen LogP contribution in [0.5, 0.6) is 0 Å². The van der Waals surface area contributed by atoms with Crippen molar-refractivity contribution in [1.82, 2.24) is 10.1 Å². The van der Waals surface area contributed by atoms with Gasteiger partial charge < -0.3 is 4.52 Å². The van der Waals surface area contributed by atoms with Gasteiger partial charge in [0.2, 0.25) is 5.76 Å². The van der Waals surface area contributed by atoms with Gasteiger partial charge in [0.05, 0.1) is 17.0 Å². The van der Waals surface area contributed by atoms with E-state index in [1.807, 2.05) is 30.3 Å². The number of hydrogen-bond donors (Lipinski definition) is 0. The molecule has 1 unspecified atom stereocenters. The minimum Gasteiger partial charge on any atom is -0.352 e. The van der Waals surface area contributed by atoms with Crippen LogP contribution in [0.2, 0.25) is 0 Å². The molecule has 2 aromatic carbocycles. The Balaban J connectivity index is 1.70. The predicted octanol–water partition coefficient (Wildman–Crippen LogP) is 4.33. The molecule has 1 aliphatic heterocycles. The first-order valence-corrected chi connectivity index (χ1v) is 8.22. The number of aryl methyl sites for hydroxylation is 1. The Morgan fingerprint density at radius 1 is 1.15 bits per heavy atom. The highest BCUT2D eigenvalue weighted by Crippen LogP contribution is 2.57. The molecule has 3 atom stereocenters. The summed E-state index contributed by atoms with van der Waals surface area (Å²) >= 11 is 0. The number of rotatable bonds is 5. The Hall–Kier alpha value is -3.06. The molecular formula is C19H16FN3O3. The summed E-state index contributed by atoms with van der Waals surface area (Å²) in [5.41, 5.74) is 2.14. The molecule has 0 saturated carbocycles. The van der Waals surface area contributed by atoms with Gasteiger partial charge in [-0.05, 0) is 30.2 Å². The number of hydrogen-bond acceptors (Lipinski definition) is 5. The van der Waals surface area contributed by atoms with Crippen molar-refractivity contribution in [3.8, 4) is 0 Å². The van der Waals surface area contributed by atoms with E-state index in [-0.39, 0.29) is 35.0 Å². The molecule has 0 N–H and O–H groups in total. The van der Waals surface area contributed by atoms with E-state index < -0.39 is 4.92 Å². The Morgan fingerprint density at radius 2 is 1.85 bits per heavy atom. The topological polar surface area (TPSA) is 72.2 Å². The maximum Gasteiger partial charge on any atom is 0.336 e. The van der Waals surface area contributed by atoms with E-state index in [4.69, 9.17) is 4.52 Å². The van der Waals surface area contributed by atoms with Crippen molar-refractivity contribution in [2.45, 2.75) is 25.6 Å². The molecule has 1 saturated heterocycles. The molecular weight excluding hydrogens is 337 g/mol. The zero-order valence-corrected chi connectivity index (χ0v) is 14.0. The number of nitro groups is 1. The van der Waals surface area contributed by atoms with Gasteiger partial charge in [0.25, 0.3) is 0 Å². The molecule has 1 aliphatic rings. The molecule has 0 radical (unpaired) electrons. The summed E-state index contributed by atoms with van der Waals surface area (Å²) in [6, 6.07) is 15.6. The third kappa shape index (κ3) is 2.86. The standard InChI is InChI=1S/C19H16FN3O3/c1-12-16(23(24)25)19(26-21-12)18-17(14-7-9-15(20)10-8-14)22(18)11-13-5-3-2-4-6-13/h2-10,17-18H,11H2,1H3/t17-,18-,22?/m0/s1. The Bertz CT molecular complexity index is 940. The first kappa shape index (κ1) is 16.4. The summed E-state index contributed by atoms with van der Waals surface area (Å²) in [6.45, 7) is 2.16. The van der Waals surface area contributed by atoms with E-state index in [0.29, 0.717) is 6.54 Å². The molecule has 2 heterocycles. The fraction of sp³-hybridized carbons (Fsp3) is 0.211. The Morgan fingerprint density at radius 3 is 2.50 bits per heavy atom. The normalized spacial score (nSPS) is 21.5. The SMILES string of the molecule is Cc1noc([C@@H]2[C@H](c3ccc(F)cc3)N2Cc2ccccc2)c1[N+](=O)[O-]. The smallest absolute Gasteiger partial charge is 0.336 e. The molecule has 0 aliphatic carbocycles. The third-order valence-electron chi connectivity index (χ3n) is 4.65. The van der Waals surface area contributed by atoms with Gasteiger partial charge in [-0.2, -0.15) is 0 Å². The monoisotopic (exact) mass is 353 g/mol. The molecule has 1 aromatic heterocycles. The zero-order chi connectivity index (χ0) is 18.3. The number of nitrogens with zero attached hydrogens (tertiary/aromatic N) is 3. The fourth-order valence-electron chi connectivity index (χ4n) is 3.39. The average molecular weight is 353 g/mol. The van der Waals surface area contributed by atoms with Crippen molar-refractivity contribution in [3.63, 3.8) is 0 Å². The lowest BCUT2D eigenvalue weighted by Gasteiger charge is -2.04. The summed E-state index contributed by atoms with van der Waals surface area (Å²) in [6.07, 6.45) is 0. The van der Waals surface area contributed by atoms with Gasteiger partial charge in [-0.15, -0.1) is 0 Å². The van der Waals surface area contributed by atoms with Crippen LogP contribution >= 0.6 is 0 Å². The summed E-state index contributed by atoms with van der Waals surface area (Å²) < 4.78 is 18.6. The molecule has 132 valence electrons. The maximum atomic E-state index is 13.3. The van der Waals surface area contributed by atoms with E-state index >= 15 is 0 Å². The van der Waals surface area contributed by atoms with Crippen LogP contribution in [-0.2, 0) is 6.54 Å². The second-order valence-corrected chi connectivity index (χ2v) is 6.34. The molecule has 3 aromatic rings. The van der Waals surface area contributed by atoms with Crippen molar-refractivity contribution < 1.29 is 13.8 Å². The van der Waals surface area contributed by atoms with E-state index in [2.05, 4.69) is 10.1 Å². The van der Waals surface area contributed by atoms with E-state index in [9.17, 15) is 14.5 Å². The lowest BCUT2D eigenvalue weighted by Crippen LogP contribution is -2.00. The number of aromatic nitrogens is 1. The van der Waals surface area contributed by atoms with Crippen molar-refractivity contribution in [2.24, 2.45) is 0 Å². The largest absolute Gasteiger partial charge is 0.352 e. The summed E-state index contributed by atoms with van der Waals surface area (Å²) in [5.74, 6) is -0.0696. The zero-order valence-electron chi connectivity index (χ0n) is 14.0. The van der Waals surface area contributed by atoms with E-state index in [1.165, 1.54) is 12.1 Å². The van der Waals surface area contributed by atoms with Crippen molar-refractivity contribution in [3.05, 3.63) is 93.1 Å². The van der Waals surface area contributed by atoms with Gasteiger partial charge >= 0.3 is 5.69 Å². The third-order valence-corrected chi connectivity index (χ3v) is 4.65. The molecule has 0 spiro atoms. The van der Waals surface area contributed by atoms with Gasteiger partial charge in [-0.25, -0.2) is 4.39 Å². The fourth-order valence-corrected chi connectivity index (χ4v) is 3.39. The molecule has 7 heteroatoms. The lowest BCUT2D eigenvalue weighted by atomic mass is 10.1. The van der Waals surface area contributed by atoms with Crippen LogP contribution in [0.4, 0.5) is 10.1 Å². The summed E-state index contributed by atoms with van der Waals surface area (Å²) in [7, 11) is 0. The second-order valence-electron chi connectivity index (χ2n) is 6.34. The second kappa shape index (κ2) is 6.34. The Labute approximate surface area is 149 Å². The van der Waals surface area contributed by atoms with Crippen LogP contribution in [0.25, 0.3) is 0 Å². The number of benzene rings is 2. The highest BCUT2D eigenvalue weighted by molar-refractivity contribution is 5.45. The minimum absolute atomic E-state index is 0.0855. The quantitative estimate of drug-likeness (QED) is 0.388. The van der Waals surface area contributed by atoms with Crippen molar-refractivity contribution in [1.29, 1.82) is 0 Å². The number of halogens is 1. The van der Waals surface area contributed by atoms with Crippen molar-refractivity contribution in [2.75, 3.05) is 0 Å². The highest BCUT2D eigenvalue weighted by Gasteiger charge is 2.55.